The molecule has 0 bridgehead atoms. The third-order valence-corrected chi connectivity index (χ3v) is 4.66. The van der Waals surface area contributed by atoms with Crippen LogP contribution >= 0.6 is 15.9 Å². The lowest BCUT2D eigenvalue weighted by atomic mass is 9.86. The number of hydrogen-bond acceptors (Lipinski definition) is 4. The molecule has 8 heteroatoms. The molecule has 1 saturated carbocycles. The normalized spacial score (nSPS) is 19.8. The van der Waals surface area contributed by atoms with Crippen molar-refractivity contribution in [3.05, 3.63) is 34.1 Å². The third-order valence-electron chi connectivity index (χ3n) is 4.17. The van der Waals surface area contributed by atoms with E-state index in [2.05, 4.69) is 33.5 Å². The highest BCUT2D eigenvalue weighted by atomic mass is 79.9. The number of hydrogen-bond donors (Lipinski definition) is 2. The van der Waals surface area contributed by atoms with E-state index in [1.165, 1.54) is 12.1 Å². The Morgan fingerprint density at radius 3 is 2.68 bits per heavy atom. The largest absolute Gasteiger partial charge is 0.452 e. The fourth-order valence-electron chi connectivity index (χ4n) is 2.76. The monoisotopic (exact) mass is 414 g/mol. The molecule has 2 N–H and O–H groups in total. The molecular weight excluding hydrogens is 395 g/mol. The van der Waals surface area contributed by atoms with Gasteiger partial charge in [0, 0.05) is 10.5 Å². The minimum Gasteiger partial charge on any atom is -0.452 e. The van der Waals surface area contributed by atoms with Crippen molar-refractivity contribution in [2.24, 2.45) is 5.92 Å². The summed E-state index contributed by atoms with van der Waals surface area (Å²) in [6.07, 6.45) is 4.10. The van der Waals surface area contributed by atoms with Crippen LogP contribution in [0.25, 0.3) is 0 Å². The summed E-state index contributed by atoms with van der Waals surface area (Å²) in [7, 11) is 0. The number of urea groups is 1. The lowest BCUT2D eigenvalue weighted by Crippen LogP contribution is -2.48. The molecule has 0 unspecified atom stereocenters. The maximum atomic E-state index is 13.6. The smallest absolute Gasteiger partial charge is 0.341 e. The van der Waals surface area contributed by atoms with Gasteiger partial charge < -0.3 is 10.1 Å². The second kappa shape index (κ2) is 8.94. The van der Waals surface area contributed by atoms with Gasteiger partial charge in [0.25, 0.3) is 5.91 Å². The quantitative estimate of drug-likeness (QED) is 0.741. The van der Waals surface area contributed by atoms with E-state index in [0.717, 1.165) is 31.7 Å². The van der Waals surface area contributed by atoms with Crippen molar-refractivity contribution in [2.75, 3.05) is 6.61 Å². The Morgan fingerprint density at radius 2 is 2.00 bits per heavy atom. The van der Waals surface area contributed by atoms with Gasteiger partial charge in [0.2, 0.25) is 0 Å². The van der Waals surface area contributed by atoms with Crippen LogP contribution in [0.15, 0.2) is 22.7 Å². The molecule has 0 aliphatic heterocycles. The average molecular weight is 415 g/mol. The number of rotatable bonds is 4. The SMILES string of the molecule is C[C@@H]1CCCC[C@@H]1NC(=O)NC(=O)COC(=O)c1ccc(Br)cc1F. The highest BCUT2D eigenvalue weighted by Crippen LogP contribution is 2.23. The van der Waals surface area contributed by atoms with E-state index in [-0.39, 0.29) is 11.6 Å². The molecule has 6 nitrogen and oxygen atoms in total. The zero-order valence-corrected chi connectivity index (χ0v) is 15.4. The molecule has 1 aliphatic carbocycles. The van der Waals surface area contributed by atoms with Crippen LogP contribution in [-0.4, -0.2) is 30.6 Å². The van der Waals surface area contributed by atoms with Crippen molar-refractivity contribution in [2.45, 2.75) is 38.6 Å². The number of imide groups is 1. The molecule has 3 amide bonds. The summed E-state index contributed by atoms with van der Waals surface area (Å²) < 4.78 is 18.9. The van der Waals surface area contributed by atoms with Crippen molar-refractivity contribution >= 4 is 33.8 Å². The first-order valence-corrected chi connectivity index (χ1v) is 8.88. The summed E-state index contributed by atoms with van der Waals surface area (Å²) in [5.41, 5.74) is -0.281. The number of halogens is 2. The number of carbonyl (C=O) groups excluding carboxylic acids is 3. The minimum absolute atomic E-state index is 0.0287. The number of benzene rings is 1. The minimum atomic E-state index is -0.971. The standard InChI is InChI=1S/C17H20BrFN2O4/c1-10-4-2-3-5-14(10)20-17(24)21-15(22)9-25-16(23)12-7-6-11(18)8-13(12)19/h6-8,10,14H,2-5,9H2,1H3,(H2,20,21,22,24)/t10-,14+/m1/s1. The molecule has 0 spiro atoms. The van der Waals surface area contributed by atoms with Gasteiger partial charge in [-0.1, -0.05) is 35.7 Å². The summed E-state index contributed by atoms with van der Waals surface area (Å²) >= 11 is 3.08. The van der Waals surface area contributed by atoms with Gasteiger partial charge in [0.1, 0.15) is 5.82 Å². The lowest BCUT2D eigenvalue weighted by molar-refractivity contribution is -0.123. The van der Waals surface area contributed by atoms with Gasteiger partial charge in [-0.3, -0.25) is 10.1 Å². The summed E-state index contributed by atoms with van der Waals surface area (Å²) in [6, 6.07) is 3.26. The molecular formula is C17H20BrFN2O4. The first-order valence-electron chi connectivity index (χ1n) is 8.09. The number of esters is 1. The van der Waals surface area contributed by atoms with Crippen molar-refractivity contribution in [3.63, 3.8) is 0 Å². The van der Waals surface area contributed by atoms with Gasteiger partial charge in [0.05, 0.1) is 5.56 Å². The molecule has 1 aromatic carbocycles. The topological polar surface area (TPSA) is 84.5 Å². The van der Waals surface area contributed by atoms with Crippen LogP contribution < -0.4 is 10.6 Å². The number of carbonyl (C=O) groups is 3. The van der Waals surface area contributed by atoms with E-state index >= 15 is 0 Å². The summed E-state index contributed by atoms with van der Waals surface area (Å²) in [4.78, 5) is 35.3. The number of nitrogens with one attached hydrogen (secondary N) is 2. The van der Waals surface area contributed by atoms with Crippen molar-refractivity contribution < 1.29 is 23.5 Å². The van der Waals surface area contributed by atoms with Crippen LogP contribution in [-0.2, 0) is 9.53 Å². The van der Waals surface area contributed by atoms with E-state index in [1.54, 1.807) is 0 Å². The van der Waals surface area contributed by atoms with Gasteiger partial charge in [0.15, 0.2) is 6.61 Å². The highest BCUT2D eigenvalue weighted by molar-refractivity contribution is 9.10. The molecule has 2 rings (SSSR count). The van der Waals surface area contributed by atoms with Gasteiger partial charge in [-0.05, 0) is 37.0 Å². The molecule has 0 aromatic heterocycles. The van der Waals surface area contributed by atoms with Crippen LogP contribution in [0.5, 0.6) is 0 Å². The Balaban J connectivity index is 1.77. The van der Waals surface area contributed by atoms with Gasteiger partial charge in [-0.25, -0.2) is 14.0 Å². The lowest BCUT2D eigenvalue weighted by Gasteiger charge is -2.29. The van der Waals surface area contributed by atoms with Gasteiger partial charge >= 0.3 is 12.0 Å². The van der Waals surface area contributed by atoms with Gasteiger partial charge in [-0.15, -0.1) is 0 Å². The number of amides is 3. The average Bonchev–Trinajstić information content (AvgIpc) is 2.54. The fourth-order valence-corrected chi connectivity index (χ4v) is 3.09. The van der Waals surface area contributed by atoms with Crippen molar-refractivity contribution in [1.82, 2.24) is 10.6 Å². The predicted octanol–water partition coefficient (Wildman–Crippen LogP) is 3.15. The Kier molecular flexibility index (Phi) is 6.92. The van der Waals surface area contributed by atoms with Crippen LogP contribution in [0.3, 0.4) is 0 Å². The van der Waals surface area contributed by atoms with E-state index in [9.17, 15) is 18.8 Å². The molecule has 0 radical (unpaired) electrons. The molecule has 1 aromatic rings. The predicted molar refractivity (Wildman–Crippen MR) is 92.5 cm³/mol. The third kappa shape index (κ3) is 5.81. The Hall–Kier alpha value is -1.96. The second-order valence-corrected chi connectivity index (χ2v) is 7.01. The van der Waals surface area contributed by atoms with Crippen molar-refractivity contribution in [3.8, 4) is 0 Å². The summed E-state index contributed by atoms with van der Waals surface area (Å²) in [5, 5.41) is 4.87. The Bertz CT molecular complexity index is 668. The molecule has 25 heavy (non-hydrogen) atoms. The van der Waals surface area contributed by atoms with Crippen LogP contribution in [0.1, 0.15) is 43.0 Å². The van der Waals surface area contributed by atoms with E-state index in [1.807, 2.05) is 0 Å². The maximum absolute atomic E-state index is 13.6. The van der Waals surface area contributed by atoms with Gasteiger partial charge in [-0.2, -0.15) is 0 Å². The molecule has 1 fully saturated rings. The van der Waals surface area contributed by atoms with E-state index in [4.69, 9.17) is 4.74 Å². The van der Waals surface area contributed by atoms with Crippen LogP contribution in [0.2, 0.25) is 0 Å². The number of ether oxygens (including phenoxy) is 1. The molecule has 136 valence electrons. The van der Waals surface area contributed by atoms with Crippen LogP contribution in [0.4, 0.5) is 9.18 Å². The molecule has 2 atom stereocenters. The highest BCUT2D eigenvalue weighted by Gasteiger charge is 2.23. The Morgan fingerprint density at radius 1 is 1.28 bits per heavy atom. The zero-order chi connectivity index (χ0) is 18.4. The molecule has 0 heterocycles. The molecule has 0 saturated heterocycles. The van der Waals surface area contributed by atoms with Crippen LogP contribution in [0, 0.1) is 11.7 Å². The fraction of sp³-hybridized carbons (Fsp3) is 0.471. The molecule has 1 aliphatic rings. The van der Waals surface area contributed by atoms with Crippen molar-refractivity contribution in [1.29, 1.82) is 0 Å². The maximum Gasteiger partial charge on any atom is 0.341 e. The van der Waals surface area contributed by atoms with E-state index in [0.29, 0.717) is 10.4 Å². The van der Waals surface area contributed by atoms with E-state index < -0.39 is 30.3 Å². The zero-order valence-electron chi connectivity index (χ0n) is 13.8. The first-order chi connectivity index (χ1) is 11.9. The second-order valence-electron chi connectivity index (χ2n) is 6.09. The summed E-state index contributed by atoms with van der Waals surface area (Å²) in [5.74, 6) is -2.15. The Labute approximate surface area is 153 Å². The summed E-state index contributed by atoms with van der Waals surface area (Å²) in [6.45, 7) is 1.39. The first kappa shape index (κ1) is 19.4.